The Morgan fingerprint density at radius 1 is 0.703 bits per heavy atom. The summed E-state index contributed by atoms with van der Waals surface area (Å²) in [6.07, 6.45) is 1.71. The van der Waals surface area contributed by atoms with E-state index in [0.29, 0.717) is 34.8 Å². The number of para-hydroxylation sites is 2. The van der Waals surface area contributed by atoms with Gasteiger partial charge in [-0.2, -0.15) is 0 Å². The van der Waals surface area contributed by atoms with Gasteiger partial charge >= 0.3 is 0 Å². The monoisotopic (exact) mass is 1170 g/mol. The second-order valence-electron chi connectivity index (χ2n) is 20.8. The number of hydrogen-bond donors (Lipinski definition) is 0. The number of imidazole rings is 1. The first kappa shape index (κ1) is 43.3. The van der Waals surface area contributed by atoms with Gasteiger partial charge in [0.15, 0.2) is 0 Å². The first-order chi connectivity index (χ1) is 37.8. The van der Waals surface area contributed by atoms with E-state index in [2.05, 4.69) is 153 Å². The summed E-state index contributed by atoms with van der Waals surface area (Å²) in [5, 5.41) is 2.85. The zero-order valence-electron chi connectivity index (χ0n) is 49.8. The van der Waals surface area contributed by atoms with Crippen LogP contribution in [0.1, 0.15) is 77.9 Å². The van der Waals surface area contributed by atoms with Crippen LogP contribution >= 0.6 is 0 Å². The first-order valence-electron chi connectivity index (χ1n) is 28.1. The van der Waals surface area contributed by atoms with Crippen LogP contribution in [0.3, 0.4) is 0 Å². The Balaban J connectivity index is 0.000000257. The standard InChI is InChI=1S/C48H38N3O.C18H23FNSi.Ir/c1-31-22-24-34(25-23-31)42-27-26-37-36-18-13-19-38(45(36)52-47(37)50-42)46-49-43-20-11-12-21-44(43)51(46)30-41-39(32-14-7-5-8-15-32)28-35(48(2,3)4)29-40(41)33-16-9-6-10-17-33;1-12(2)15-10-16(20-11-17(15)21(4,5)6)14-9-7-8-13(3)18(14)19;/h5-18,20-29H,30H2,1-4H3;7-8,10-12H,1-6H3;/q2*-1;/i1D3;3D3,12D;. The molecule has 0 saturated heterocycles. The van der Waals surface area contributed by atoms with Gasteiger partial charge in [-0.3, -0.25) is 9.37 Å². The molecule has 1 radical (unpaired) electrons. The summed E-state index contributed by atoms with van der Waals surface area (Å²) in [6, 6.07) is 59.7. The zero-order chi connectivity index (χ0) is 57.1. The SMILES string of the molecule is [2H]C([2H])([2H])c1cc[c-]c(-c2cc(C([2H])(C)C)c([Si](C)(C)C)cn2)c1F.[2H]C([2H])([2H])c1ccc(-c2ccc3c(n2)oc2c(-c4nc5ccccc5n4Cc4c(-c5ccccc5)cc(C(C)(C)C)cc4-c4ccccc4)[c-]ccc23)cc1.[Ir]. The molecule has 5 nitrogen and oxygen atoms in total. The molecule has 0 aliphatic carbocycles. The third-order valence-electron chi connectivity index (χ3n) is 13.4. The Bertz CT molecular complexity index is 4020. The minimum absolute atomic E-state index is 0. The molecule has 0 amide bonds. The summed E-state index contributed by atoms with van der Waals surface area (Å²) in [5.41, 5.74) is 13.5. The van der Waals surface area contributed by atoms with Gasteiger partial charge in [0, 0.05) is 59.2 Å². The normalized spacial score (nSPS) is 13.7. The number of halogens is 1. The molecule has 0 spiro atoms. The molecule has 0 aliphatic heterocycles. The van der Waals surface area contributed by atoms with Crippen LogP contribution in [0.2, 0.25) is 19.6 Å². The third kappa shape index (κ3) is 10.4. The van der Waals surface area contributed by atoms with Crippen molar-refractivity contribution in [3.8, 4) is 56.2 Å². The maximum Gasteiger partial charge on any atom is 0.216 e. The Morgan fingerprint density at radius 3 is 1.99 bits per heavy atom. The van der Waals surface area contributed by atoms with Gasteiger partial charge in [-0.15, -0.1) is 36.4 Å². The first-order valence-corrected chi connectivity index (χ1v) is 28.1. The van der Waals surface area contributed by atoms with E-state index in [4.69, 9.17) is 24.0 Å². The molecule has 0 N–H and O–H groups in total. The van der Waals surface area contributed by atoms with E-state index < -0.39 is 33.5 Å². The average molecular weight is 1170 g/mol. The van der Waals surface area contributed by atoms with Crippen molar-refractivity contribution in [1.29, 1.82) is 0 Å². The van der Waals surface area contributed by atoms with Gasteiger partial charge in [-0.05, 0) is 86.7 Å². The van der Waals surface area contributed by atoms with Crippen molar-refractivity contribution >= 4 is 46.4 Å². The van der Waals surface area contributed by atoms with Crippen molar-refractivity contribution < 1.29 is 38.5 Å². The van der Waals surface area contributed by atoms with E-state index >= 15 is 0 Å². The summed E-state index contributed by atoms with van der Waals surface area (Å²) in [5.74, 6) is -0.945. The smallest absolute Gasteiger partial charge is 0.216 e. The molecule has 0 fully saturated rings. The van der Waals surface area contributed by atoms with Gasteiger partial charge in [-0.1, -0.05) is 210 Å². The summed E-state index contributed by atoms with van der Waals surface area (Å²) in [4.78, 5) is 14.5. The average Bonchev–Trinajstić information content (AvgIpc) is 4.20. The van der Waals surface area contributed by atoms with Gasteiger partial charge in [0.2, 0.25) is 5.71 Å². The van der Waals surface area contributed by atoms with Crippen molar-refractivity contribution in [3.63, 3.8) is 0 Å². The Hall–Kier alpha value is -7.09. The Kier molecular flexibility index (Phi) is 12.3. The van der Waals surface area contributed by atoms with E-state index in [1.54, 1.807) is 50.4 Å². The number of benzene rings is 7. The number of nitrogens with zero attached hydrogens (tertiary/aromatic N) is 4. The molecule has 4 heterocycles. The number of fused-ring (bicyclic) bond motifs is 4. The number of rotatable bonds is 9. The maximum atomic E-state index is 14.7. The quantitative estimate of drug-likeness (QED) is 0.107. The van der Waals surface area contributed by atoms with E-state index in [1.807, 2.05) is 30.3 Å². The van der Waals surface area contributed by atoms with Crippen LogP contribution < -0.4 is 5.19 Å². The predicted octanol–water partition coefficient (Wildman–Crippen LogP) is 17.1. The number of pyridine rings is 2. The molecule has 74 heavy (non-hydrogen) atoms. The van der Waals surface area contributed by atoms with Crippen LogP contribution in [0.5, 0.6) is 0 Å². The fraction of sp³-hybridized carbons (Fsp3) is 0.197. The van der Waals surface area contributed by atoms with Crippen molar-refractivity contribution in [1.82, 2.24) is 19.5 Å². The summed E-state index contributed by atoms with van der Waals surface area (Å²) in [7, 11) is -1.74. The number of aromatic nitrogens is 4. The van der Waals surface area contributed by atoms with Crippen LogP contribution in [0, 0.1) is 31.7 Å². The van der Waals surface area contributed by atoms with Gasteiger partial charge < -0.3 is 14.0 Å². The zero-order valence-corrected chi connectivity index (χ0v) is 46.2. The number of aryl methyl sites for hydroxylation is 2. The molecule has 0 bridgehead atoms. The van der Waals surface area contributed by atoms with Gasteiger partial charge in [-0.25, -0.2) is 4.98 Å². The molecule has 7 aromatic carbocycles. The second kappa shape index (κ2) is 21.0. The van der Waals surface area contributed by atoms with Gasteiger partial charge in [0.1, 0.15) is 0 Å². The number of hydrogen-bond acceptors (Lipinski definition) is 4. The largest absolute Gasteiger partial charge is 0.486 e. The molecule has 8 heteroatoms. The minimum atomic E-state index is -2.54. The molecule has 0 unspecified atom stereocenters. The minimum Gasteiger partial charge on any atom is -0.486 e. The van der Waals surface area contributed by atoms with Gasteiger partial charge in [0.05, 0.1) is 36.2 Å². The van der Waals surface area contributed by atoms with E-state index in [9.17, 15) is 4.39 Å². The van der Waals surface area contributed by atoms with Crippen LogP contribution in [0.25, 0.3) is 89.3 Å². The van der Waals surface area contributed by atoms with Crippen LogP contribution in [0.4, 0.5) is 4.39 Å². The van der Waals surface area contributed by atoms with Crippen molar-refractivity contribution in [2.24, 2.45) is 0 Å². The van der Waals surface area contributed by atoms with Crippen LogP contribution in [0.15, 0.2) is 174 Å². The third-order valence-corrected chi connectivity index (χ3v) is 15.4. The summed E-state index contributed by atoms with van der Waals surface area (Å²) < 4.78 is 77.8. The Labute approximate surface area is 459 Å². The second-order valence-corrected chi connectivity index (χ2v) is 25.9. The molecular weight excluding hydrogens is 1100 g/mol. The molecule has 0 atom stereocenters. The van der Waals surface area contributed by atoms with E-state index in [1.165, 1.54) is 34.4 Å². The Morgan fingerprint density at radius 2 is 1.35 bits per heavy atom. The molecule has 11 aromatic rings. The molecule has 0 aliphatic rings. The van der Waals surface area contributed by atoms with Crippen molar-refractivity contribution in [3.05, 3.63) is 216 Å². The van der Waals surface area contributed by atoms with Crippen molar-refractivity contribution in [2.75, 3.05) is 0 Å². The molecule has 11 rings (SSSR count). The fourth-order valence-electron chi connectivity index (χ4n) is 9.47. The maximum absolute atomic E-state index is 14.7. The van der Waals surface area contributed by atoms with Crippen LogP contribution in [-0.4, -0.2) is 27.6 Å². The van der Waals surface area contributed by atoms with E-state index in [-0.39, 0.29) is 36.6 Å². The topological polar surface area (TPSA) is 56.7 Å². The molecular formula is C66H61FIrN4OSi-2. The van der Waals surface area contributed by atoms with E-state index in [0.717, 1.165) is 60.6 Å². The molecule has 373 valence electrons. The van der Waals surface area contributed by atoms with Crippen LogP contribution in [-0.2, 0) is 32.1 Å². The molecule has 4 aromatic heterocycles. The molecule has 0 saturated carbocycles. The van der Waals surface area contributed by atoms with Crippen molar-refractivity contribution in [2.45, 2.75) is 85.8 Å². The summed E-state index contributed by atoms with van der Waals surface area (Å²) in [6.45, 7) is 12.7. The predicted molar refractivity (Wildman–Crippen MR) is 305 cm³/mol. The number of furan rings is 1. The fourth-order valence-corrected chi connectivity index (χ4v) is 11.1. The summed E-state index contributed by atoms with van der Waals surface area (Å²) >= 11 is 0. The van der Waals surface area contributed by atoms with Gasteiger partial charge in [0.25, 0.3) is 0 Å².